The van der Waals surface area contributed by atoms with Crippen molar-refractivity contribution in [3.63, 3.8) is 0 Å². The first-order valence-corrected chi connectivity index (χ1v) is 9.17. The Morgan fingerprint density at radius 2 is 2.04 bits per heavy atom. The number of carbonyl (C=O) groups excluding carboxylic acids is 1. The average Bonchev–Trinajstić information content (AvgIpc) is 2.93. The summed E-state index contributed by atoms with van der Waals surface area (Å²) in [6.07, 6.45) is 2.47. The Labute approximate surface area is 147 Å². The Balaban J connectivity index is 2.44. The summed E-state index contributed by atoms with van der Waals surface area (Å²) in [7, 11) is 1.69. The smallest absolute Gasteiger partial charge is 0.264 e. The van der Waals surface area contributed by atoms with Crippen LogP contribution in [0.3, 0.4) is 0 Å². The third-order valence-electron chi connectivity index (χ3n) is 4.17. The highest BCUT2D eigenvalue weighted by Crippen LogP contribution is 2.34. The average molecular weight is 350 g/mol. The number of carbonyl (C=O) groups is 1. The van der Waals surface area contributed by atoms with Gasteiger partial charge < -0.3 is 15.0 Å². The fourth-order valence-corrected chi connectivity index (χ4v) is 3.81. The molecular formula is C17H26N4O2S. The van der Waals surface area contributed by atoms with Crippen LogP contribution in [-0.4, -0.2) is 53.6 Å². The van der Waals surface area contributed by atoms with Crippen molar-refractivity contribution in [2.45, 2.75) is 40.2 Å². The van der Waals surface area contributed by atoms with Crippen molar-refractivity contribution < 1.29 is 9.53 Å². The molecule has 6 nitrogen and oxygen atoms in total. The first-order chi connectivity index (χ1) is 11.6. The molecular weight excluding hydrogens is 324 g/mol. The highest BCUT2D eigenvalue weighted by molar-refractivity contribution is 7.20. The molecule has 0 aliphatic heterocycles. The number of fused-ring (bicyclic) bond motifs is 1. The summed E-state index contributed by atoms with van der Waals surface area (Å²) in [5.41, 5.74) is 0.947. The molecule has 1 atom stereocenters. The standard InChI is InChI=1S/C17H26N4O2S/c1-6-12(9-23-5)20-15-13-11(4)14(17(22)21(7-2)8-3)24-16(13)19-10-18-15/h10,12H,6-9H2,1-5H3,(H,18,19,20)/t12-/m0/s1. The maximum absolute atomic E-state index is 12.7. The maximum Gasteiger partial charge on any atom is 0.264 e. The van der Waals surface area contributed by atoms with Crippen molar-refractivity contribution in [3.8, 4) is 0 Å². The van der Waals surface area contributed by atoms with Crippen LogP contribution in [0, 0.1) is 6.92 Å². The fourth-order valence-electron chi connectivity index (χ4n) is 2.70. The molecule has 2 rings (SSSR count). The van der Waals surface area contributed by atoms with Crippen molar-refractivity contribution in [1.29, 1.82) is 0 Å². The molecule has 0 aliphatic rings. The topological polar surface area (TPSA) is 67.3 Å². The van der Waals surface area contributed by atoms with Crippen molar-refractivity contribution in [2.24, 2.45) is 0 Å². The largest absolute Gasteiger partial charge is 0.383 e. The third-order valence-corrected chi connectivity index (χ3v) is 5.36. The summed E-state index contributed by atoms with van der Waals surface area (Å²) < 4.78 is 5.25. The number of ether oxygens (including phenoxy) is 1. The van der Waals surface area contributed by atoms with Crippen LogP contribution in [0.5, 0.6) is 0 Å². The molecule has 0 saturated carbocycles. The van der Waals surface area contributed by atoms with E-state index in [0.717, 1.165) is 32.9 Å². The molecule has 7 heteroatoms. The first kappa shape index (κ1) is 18.6. The predicted molar refractivity (Wildman–Crippen MR) is 99.0 cm³/mol. The zero-order chi connectivity index (χ0) is 17.7. The molecule has 2 heterocycles. The molecule has 0 unspecified atom stereocenters. The Hall–Kier alpha value is -1.73. The van der Waals surface area contributed by atoms with Gasteiger partial charge in [0.05, 0.1) is 22.9 Å². The normalized spacial score (nSPS) is 12.4. The van der Waals surface area contributed by atoms with Gasteiger partial charge in [-0.3, -0.25) is 4.79 Å². The highest BCUT2D eigenvalue weighted by Gasteiger charge is 2.22. The van der Waals surface area contributed by atoms with Crippen LogP contribution in [0.4, 0.5) is 5.82 Å². The Morgan fingerprint density at radius 1 is 1.33 bits per heavy atom. The van der Waals surface area contributed by atoms with Gasteiger partial charge in [-0.2, -0.15) is 0 Å². The molecule has 1 amide bonds. The van der Waals surface area contributed by atoms with Gasteiger partial charge in [0, 0.05) is 20.2 Å². The van der Waals surface area contributed by atoms with Gasteiger partial charge in [-0.25, -0.2) is 9.97 Å². The van der Waals surface area contributed by atoms with Gasteiger partial charge in [-0.05, 0) is 32.8 Å². The summed E-state index contributed by atoms with van der Waals surface area (Å²) in [6, 6.07) is 0.175. The highest BCUT2D eigenvalue weighted by atomic mass is 32.1. The minimum Gasteiger partial charge on any atom is -0.383 e. The van der Waals surface area contributed by atoms with Crippen LogP contribution >= 0.6 is 11.3 Å². The minimum atomic E-state index is 0.0652. The van der Waals surface area contributed by atoms with E-state index in [1.54, 1.807) is 13.4 Å². The quantitative estimate of drug-likeness (QED) is 0.791. The van der Waals surface area contributed by atoms with Gasteiger partial charge >= 0.3 is 0 Å². The molecule has 132 valence electrons. The number of nitrogens with zero attached hydrogens (tertiary/aromatic N) is 3. The van der Waals surface area contributed by atoms with Crippen LogP contribution < -0.4 is 5.32 Å². The van der Waals surface area contributed by atoms with Crippen molar-refractivity contribution in [3.05, 3.63) is 16.8 Å². The summed E-state index contributed by atoms with van der Waals surface area (Å²) in [4.78, 5) is 24.9. The molecule has 0 bridgehead atoms. The monoisotopic (exact) mass is 350 g/mol. The molecule has 24 heavy (non-hydrogen) atoms. The van der Waals surface area contributed by atoms with Gasteiger partial charge in [0.25, 0.3) is 5.91 Å². The summed E-state index contributed by atoms with van der Waals surface area (Å²) in [6.45, 7) is 10.1. The van der Waals surface area contributed by atoms with Crippen LogP contribution in [0.25, 0.3) is 10.2 Å². The van der Waals surface area contributed by atoms with E-state index in [9.17, 15) is 4.79 Å². The van der Waals surface area contributed by atoms with E-state index < -0.39 is 0 Å². The number of anilines is 1. The van der Waals surface area contributed by atoms with Crippen LogP contribution in [-0.2, 0) is 4.74 Å². The zero-order valence-corrected chi connectivity index (χ0v) is 15.9. The van der Waals surface area contributed by atoms with E-state index in [0.29, 0.717) is 19.7 Å². The van der Waals surface area contributed by atoms with Crippen LogP contribution in [0.15, 0.2) is 6.33 Å². The molecule has 0 saturated heterocycles. The number of hydrogen-bond donors (Lipinski definition) is 1. The van der Waals surface area contributed by atoms with Crippen molar-refractivity contribution in [2.75, 3.05) is 32.1 Å². The van der Waals surface area contributed by atoms with E-state index in [1.165, 1.54) is 11.3 Å². The Morgan fingerprint density at radius 3 is 2.62 bits per heavy atom. The molecule has 0 aliphatic carbocycles. The van der Waals surface area contributed by atoms with Crippen LogP contribution in [0.2, 0.25) is 0 Å². The van der Waals surface area contributed by atoms with Gasteiger partial charge in [-0.1, -0.05) is 6.92 Å². The van der Waals surface area contributed by atoms with E-state index in [-0.39, 0.29) is 11.9 Å². The number of amides is 1. The maximum atomic E-state index is 12.7. The summed E-state index contributed by atoms with van der Waals surface area (Å²) in [5.74, 6) is 0.839. The number of thiophene rings is 1. The SMILES string of the molecule is CC[C@@H](COC)Nc1ncnc2sc(C(=O)N(CC)CC)c(C)c12. The van der Waals surface area contributed by atoms with Crippen LogP contribution in [0.1, 0.15) is 42.4 Å². The van der Waals surface area contributed by atoms with E-state index in [4.69, 9.17) is 4.74 Å². The summed E-state index contributed by atoms with van der Waals surface area (Å²) in [5, 5.41) is 4.37. The summed E-state index contributed by atoms with van der Waals surface area (Å²) >= 11 is 1.44. The van der Waals surface area contributed by atoms with Gasteiger partial charge in [0.15, 0.2) is 0 Å². The molecule has 2 aromatic heterocycles. The van der Waals surface area contributed by atoms with Crippen molar-refractivity contribution in [1.82, 2.24) is 14.9 Å². The lowest BCUT2D eigenvalue weighted by atomic mass is 10.1. The van der Waals surface area contributed by atoms with Crippen molar-refractivity contribution >= 4 is 33.3 Å². The molecule has 0 aromatic carbocycles. The third kappa shape index (κ3) is 3.67. The number of rotatable bonds is 8. The van der Waals surface area contributed by atoms with Gasteiger partial charge in [-0.15, -0.1) is 11.3 Å². The van der Waals surface area contributed by atoms with E-state index >= 15 is 0 Å². The number of hydrogen-bond acceptors (Lipinski definition) is 6. The second-order valence-electron chi connectivity index (χ2n) is 5.64. The first-order valence-electron chi connectivity index (χ1n) is 8.36. The molecule has 1 N–H and O–H groups in total. The second kappa shape index (κ2) is 8.39. The number of aryl methyl sites for hydroxylation is 1. The van der Waals surface area contributed by atoms with Gasteiger partial charge in [0.1, 0.15) is 17.0 Å². The Bertz CT molecular complexity index is 697. The minimum absolute atomic E-state index is 0.0652. The van der Waals surface area contributed by atoms with E-state index in [2.05, 4.69) is 22.2 Å². The van der Waals surface area contributed by atoms with Gasteiger partial charge in [0.2, 0.25) is 0 Å². The molecule has 0 spiro atoms. The zero-order valence-electron chi connectivity index (χ0n) is 15.0. The predicted octanol–water partition coefficient (Wildman–Crippen LogP) is 3.32. The lowest BCUT2D eigenvalue weighted by Gasteiger charge is -2.18. The number of methoxy groups -OCH3 is 1. The molecule has 0 fully saturated rings. The lowest BCUT2D eigenvalue weighted by Crippen LogP contribution is -2.30. The van der Waals surface area contributed by atoms with E-state index in [1.807, 2.05) is 25.7 Å². The molecule has 2 aromatic rings. The molecule has 0 radical (unpaired) electrons. The Kier molecular flexibility index (Phi) is 6.51. The number of nitrogens with one attached hydrogen (secondary N) is 1. The lowest BCUT2D eigenvalue weighted by molar-refractivity contribution is 0.0777. The fraction of sp³-hybridized carbons (Fsp3) is 0.588. The number of aromatic nitrogens is 2. The second-order valence-corrected chi connectivity index (χ2v) is 6.64.